The van der Waals surface area contributed by atoms with Gasteiger partial charge >= 0.3 is 0 Å². The minimum Gasteiger partial charge on any atom is -0.324 e. The van der Waals surface area contributed by atoms with Crippen molar-refractivity contribution in [3.8, 4) is 11.1 Å². The Labute approximate surface area is 101 Å². The predicted octanol–water partition coefficient (Wildman–Crippen LogP) is 4.03. The second-order valence-corrected chi connectivity index (χ2v) is 4.26. The molecule has 2 heteroatoms. The Morgan fingerprint density at radius 1 is 0.938 bits per heavy atom. The fourth-order valence-corrected chi connectivity index (χ4v) is 2.06. The molecule has 1 nitrogen and oxygen atoms in total. The molecule has 2 rings (SSSR count). The van der Waals surface area contributed by atoms with Crippen molar-refractivity contribution in [1.29, 1.82) is 0 Å². The molecule has 2 aromatic carbocycles. The molecular formula is C14H14ClN. The SMILES string of the molecule is CC(N)c1ccccc1-c1ccccc1Cl. The molecule has 16 heavy (non-hydrogen) atoms. The molecule has 0 aliphatic rings. The molecule has 2 N–H and O–H groups in total. The van der Waals surface area contributed by atoms with Gasteiger partial charge in [-0.3, -0.25) is 0 Å². The number of halogens is 1. The topological polar surface area (TPSA) is 26.0 Å². The van der Waals surface area contributed by atoms with Gasteiger partial charge in [-0.05, 0) is 24.1 Å². The highest BCUT2D eigenvalue weighted by Crippen LogP contribution is 2.32. The molecular weight excluding hydrogens is 218 g/mol. The summed E-state index contributed by atoms with van der Waals surface area (Å²) >= 11 is 6.19. The standard InChI is InChI=1S/C14H14ClN/c1-10(16)11-6-2-3-7-12(11)13-8-4-5-9-14(13)15/h2-10H,16H2,1H3. The van der Waals surface area contributed by atoms with Gasteiger partial charge in [-0.1, -0.05) is 54.1 Å². The third-order valence-corrected chi connectivity index (χ3v) is 2.94. The largest absolute Gasteiger partial charge is 0.324 e. The third-order valence-electron chi connectivity index (χ3n) is 2.62. The van der Waals surface area contributed by atoms with Crippen LogP contribution in [0.4, 0.5) is 0 Å². The first-order valence-electron chi connectivity index (χ1n) is 5.29. The molecule has 0 heterocycles. The van der Waals surface area contributed by atoms with Gasteiger partial charge in [0.2, 0.25) is 0 Å². The zero-order valence-corrected chi connectivity index (χ0v) is 9.91. The molecule has 0 aliphatic carbocycles. The molecule has 0 aliphatic heterocycles. The first-order chi connectivity index (χ1) is 7.70. The van der Waals surface area contributed by atoms with Gasteiger partial charge in [0.25, 0.3) is 0 Å². The Morgan fingerprint density at radius 3 is 2.12 bits per heavy atom. The Balaban J connectivity index is 2.60. The predicted molar refractivity (Wildman–Crippen MR) is 69.5 cm³/mol. The van der Waals surface area contributed by atoms with E-state index in [2.05, 4.69) is 6.07 Å². The van der Waals surface area contributed by atoms with E-state index < -0.39 is 0 Å². The van der Waals surface area contributed by atoms with Gasteiger partial charge in [0.15, 0.2) is 0 Å². The molecule has 0 aromatic heterocycles. The van der Waals surface area contributed by atoms with Gasteiger partial charge in [-0.2, -0.15) is 0 Å². The monoisotopic (exact) mass is 231 g/mol. The van der Waals surface area contributed by atoms with Gasteiger partial charge in [-0.25, -0.2) is 0 Å². The van der Waals surface area contributed by atoms with Crippen molar-refractivity contribution in [2.24, 2.45) is 5.73 Å². The van der Waals surface area contributed by atoms with Crippen LogP contribution in [0.25, 0.3) is 11.1 Å². The molecule has 1 unspecified atom stereocenters. The van der Waals surface area contributed by atoms with Crippen molar-refractivity contribution >= 4 is 11.6 Å². The molecule has 2 aromatic rings. The Hall–Kier alpha value is -1.31. The number of nitrogens with two attached hydrogens (primary N) is 1. The van der Waals surface area contributed by atoms with E-state index in [0.717, 1.165) is 21.7 Å². The summed E-state index contributed by atoms with van der Waals surface area (Å²) in [5, 5.41) is 0.760. The highest BCUT2D eigenvalue weighted by atomic mass is 35.5. The summed E-state index contributed by atoms with van der Waals surface area (Å²) < 4.78 is 0. The van der Waals surface area contributed by atoms with E-state index in [-0.39, 0.29) is 6.04 Å². The lowest BCUT2D eigenvalue weighted by Gasteiger charge is -2.13. The van der Waals surface area contributed by atoms with Crippen LogP contribution in [-0.2, 0) is 0 Å². The van der Waals surface area contributed by atoms with E-state index >= 15 is 0 Å². The fourth-order valence-electron chi connectivity index (χ4n) is 1.82. The van der Waals surface area contributed by atoms with E-state index in [4.69, 9.17) is 17.3 Å². The van der Waals surface area contributed by atoms with Gasteiger partial charge < -0.3 is 5.73 Å². The van der Waals surface area contributed by atoms with Crippen LogP contribution in [0, 0.1) is 0 Å². The Kier molecular flexibility index (Phi) is 3.28. The first-order valence-corrected chi connectivity index (χ1v) is 5.67. The van der Waals surface area contributed by atoms with Crippen LogP contribution >= 0.6 is 11.6 Å². The van der Waals surface area contributed by atoms with Crippen molar-refractivity contribution in [3.05, 3.63) is 59.1 Å². The first kappa shape index (κ1) is 11.2. The van der Waals surface area contributed by atoms with E-state index in [1.807, 2.05) is 49.4 Å². The minimum atomic E-state index is 0.00692. The fraction of sp³-hybridized carbons (Fsp3) is 0.143. The van der Waals surface area contributed by atoms with Crippen molar-refractivity contribution in [2.45, 2.75) is 13.0 Å². The van der Waals surface area contributed by atoms with Crippen LogP contribution in [0.5, 0.6) is 0 Å². The highest BCUT2D eigenvalue weighted by molar-refractivity contribution is 6.33. The van der Waals surface area contributed by atoms with Crippen molar-refractivity contribution in [1.82, 2.24) is 0 Å². The van der Waals surface area contributed by atoms with Crippen molar-refractivity contribution in [2.75, 3.05) is 0 Å². The molecule has 0 saturated heterocycles. The summed E-state index contributed by atoms with van der Waals surface area (Å²) in [4.78, 5) is 0. The maximum atomic E-state index is 6.19. The summed E-state index contributed by atoms with van der Waals surface area (Å²) in [6.45, 7) is 1.98. The van der Waals surface area contributed by atoms with Gasteiger partial charge in [0, 0.05) is 16.6 Å². The van der Waals surface area contributed by atoms with E-state index in [1.54, 1.807) is 0 Å². The van der Waals surface area contributed by atoms with Crippen molar-refractivity contribution < 1.29 is 0 Å². The smallest absolute Gasteiger partial charge is 0.0484 e. The lowest BCUT2D eigenvalue weighted by Crippen LogP contribution is -2.06. The zero-order chi connectivity index (χ0) is 11.5. The number of hydrogen-bond acceptors (Lipinski definition) is 1. The lowest BCUT2D eigenvalue weighted by atomic mass is 9.96. The summed E-state index contributed by atoms with van der Waals surface area (Å²) in [6, 6.07) is 15.9. The normalized spacial score (nSPS) is 12.4. The maximum Gasteiger partial charge on any atom is 0.0484 e. The average molecular weight is 232 g/mol. The number of hydrogen-bond donors (Lipinski definition) is 1. The van der Waals surface area contributed by atoms with E-state index in [9.17, 15) is 0 Å². The zero-order valence-electron chi connectivity index (χ0n) is 9.15. The lowest BCUT2D eigenvalue weighted by molar-refractivity contribution is 0.820. The van der Waals surface area contributed by atoms with Crippen LogP contribution < -0.4 is 5.73 Å². The average Bonchev–Trinajstić information content (AvgIpc) is 2.29. The summed E-state index contributed by atoms with van der Waals surface area (Å²) in [6.07, 6.45) is 0. The third kappa shape index (κ3) is 2.11. The van der Waals surface area contributed by atoms with E-state index in [1.165, 1.54) is 0 Å². The van der Waals surface area contributed by atoms with Crippen molar-refractivity contribution in [3.63, 3.8) is 0 Å². The van der Waals surface area contributed by atoms with Crippen LogP contribution in [-0.4, -0.2) is 0 Å². The second-order valence-electron chi connectivity index (χ2n) is 3.86. The molecule has 0 amide bonds. The summed E-state index contributed by atoms with van der Waals surface area (Å²) in [7, 11) is 0. The molecule has 0 fully saturated rings. The molecule has 0 radical (unpaired) electrons. The maximum absolute atomic E-state index is 6.19. The highest BCUT2D eigenvalue weighted by Gasteiger charge is 2.09. The van der Waals surface area contributed by atoms with Crippen LogP contribution in [0.3, 0.4) is 0 Å². The second kappa shape index (κ2) is 4.69. The molecule has 0 bridgehead atoms. The number of rotatable bonds is 2. The van der Waals surface area contributed by atoms with Crippen LogP contribution in [0.2, 0.25) is 5.02 Å². The van der Waals surface area contributed by atoms with Crippen LogP contribution in [0.1, 0.15) is 18.5 Å². The minimum absolute atomic E-state index is 0.00692. The van der Waals surface area contributed by atoms with E-state index in [0.29, 0.717) is 0 Å². The summed E-state index contributed by atoms with van der Waals surface area (Å²) in [5.74, 6) is 0. The van der Waals surface area contributed by atoms with Crippen LogP contribution in [0.15, 0.2) is 48.5 Å². The molecule has 0 saturated carbocycles. The molecule has 1 atom stereocenters. The summed E-state index contributed by atoms with van der Waals surface area (Å²) in [5.41, 5.74) is 9.23. The molecule has 82 valence electrons. The van der Waals surface area contributed by atoms with Gasteiger partial charge in [0.05, 0.1) is 0 Å². The quantitative estimate of drug-likeness (QED) is 0.830. The number of benzene rings is 2. The Bertz CT molecular complexity index is 492. The van der Waals surface area contributed by atoms with Gasteiger partial charge in [0.1, 0.15) is 0 Å². The molecule has 0 spiro atoms. The van der Waals surface area contributed by atoms with Gasteiger partial charge in [-0.15, -0.1) is 0 Å². The Morgan fingerprint density at radius 2 is 1.50 bits per heavy atom.